The molecular formula is C16H25BrN2O. The molecule has 0 fully saturated rings. The minimum atomic E-state index is 0.161. The Labute approximate surface area is 130 Å². The third kappa shape index (κ3) is 5.63. The van der Waals surface area contributed by atoms with Crippen molar-refractivity contribution in [3.05, 3.63) is 34.3 Å². The molecule has 0 aliphatic carbocycles. The lowest BCUT2D eigenvalue weighted by molar-refractivity contribution is -0.129. The van der Waals surface area contributed by atoms with Crippen molar-refractivity contribution >= 4 is 21.8 Å². The summed E-state index contributed by atoms with van der Waals surface area (Å²) >= 11 is 3.51. The summed E-state index contributed by atoms with van der Waals surface area (Å²) in [5.74, 6) is 0.635. The molecule has 0 aromatic heterocycles. The monoisotopic (exact) mass is 340 g/mol. The lowest BCUT2D eigenvalue weighted by atomic mass is 10.0. The van der Waals surface area contributed by atoms with Crippen molar-refractivity contribution in [3.8, 4) is 0 Å². The summed E-state index contributed by atoms with van der Waals surface area (Å²) in [4.78, 5) is 13.9. The van der Waals surface area contributed by atoms with E-state index >= 15 is 0 Å². The largest absolute Gasteiger partial charge is 0.346 e. The van der Waals surface area contributed by atoms with Crippen LogP contribution in [0.15, 0.2) is 28.7 Å². The molecule has 0 saturated heterocycles. The number of carbonyl (C=O) groups excluding carboxylic acids is 1. The number of rotatable bonds is 7. The Morgan fingerprint density at radius 1 is 1.35 bits per heavy atom. The molecule has 1 atom stereocenters. The van der Waals surface area contributed by atoms with Crippen LogP contribution in [-0.4, -0.2) is 30.4 Å². The van der Waals surface area contributed by atoms with Crippen LogP contribution in [-0.2, 0) is 11.2 Å². The van der Waals surface area contributed by atoms with E-state index in [2.05, 4.69) is 29.8 Å². The Morgan fingerprint density at radius 2 is 2.00 bits per heavy atom. The molecule has 1 aromatic carbocycles. The number of hydrogen-bond donors (Lipinski definition) is 1. The second kappa shape index (κ2) is 8.42. The van der Waals surface area contributed by atoms with Crippen LogP contribution in [0, 0.1) is 5.92 Å². The zero-order valence-electron chi connectivity index (χ0n) is 12.6. The number of halogens is 1. The summed E-state index contributed by atoms with van der Waals surface area (Å²) < 4.78 is 1.07. The molecule has 0 heterocycles. The van der Waals surface area contributed by atoms with Crippen molar-refractivity contribution < 1.29 is 4.79 Å². The summed E-state index contributed by atoms with van der Waals surface area (Å²) in [6.45, 7) is 4.95. The predicted molar refractivity (Wildman–Crippen MR) is 87.5 cm³/mol. The highest BCUT2D eigenvalue weighted by Gasteiger charge is 2.13. The number of nitrogens with two attached hydrogens (primary N) is 1. The highest BCUT2D eigenvalue weighted by Crippen LogP contribution is 2.17. The van der Waals surface area contributed by atoms with Gasteiger partial charge in [0.05, 0.1) is 0 Å². The summed E-state index contributed by atoms with van der Waals surface area (Å²) in [6.07, 6.45) is 2.16. The Balaban J connectivity index is 2.37. The molecule has 1 unspecified atom stereocenters. The third-order valence-corrected chi connectivity index (χ3v) is 4.42. The molecule has 4 heteroatoms. The van der Waals surface area contributed by atoms with Crippen molar-refractivity contribution in [2.75, 3.05) is 13.6 Å². The van der Waals surface area contributed by atoms with Crippen molar-refractivity contribution in [1.82, 2.24) is 4.90 Å². The van der Waals surface area contributed by atoms with Gasteiger partial charge in [-0.3, -0.25) is 4.79 Å². The molecule has 1 rings (SSSR count). The van der Waals surface area contributed by atoms with Gasteiger partial charge in [-0.05, 0) is 30.4 Å². The molecule has 0 radical (unpaired) electrons. The first kappa shape index (κ1) is 17.2. The topological polar surface area (TPSA) is 46.3 Å². The van der Waals surface area contributed by atoms with Gasteiger partial charge in [0.25, 0.3) is 0 Å². The van der Waals surface area contributed by atoms with E-state index in [1.54, 1.807) is 4.90 Å². The molecule has 0 spiro atoms. The Hall–Kier alpha value is -0.870. The summed E-state index contributed by atoms with van der Waals surface area (Å²) in [7, 11) is 1.86. The highest BCUT2D eigenvalue weighted by molar-refractivity contribution is 9.10. The number of hydrogen-bond acceptors (Lipinski definition) is 2. The van der Waals surface area contributed by atoms with E-state index < -0.39 is 0 Å². The van der Waals surface area contributed by atoms with Crippen LogP contribution >= 0.6 is 15.9 Å². The standard InChI is InChI=1S/C16H25BrN2O/c1-12(2)15(18)10-11-19(3)16(20)9-8-13-6-4-5-7-14(13)17/h4-7,12,15H,8-11,18H2,1-3H3. The van der Waals surface area contributed by atoms with Gasteiger partial charge in [-0.2, -0.15) is 0 Å². The van der Waals surface area contributed by atoms with Gasteiger partial charge >= 0.3 is 0 Å². The van der Waals surface area contributed by atoms with Gasteiger partial charge < -0.3 is 10.6 Å². The van der Waals surface area contributed by atoms with Crippen LogP contribution in [0.3, 0.4) is 0 Å². The quantitative estimate of drug-likeness (QED) is 0.828. The van der Waals surface area contributed by atoms with Crippen LogP contribution in [0.2, 0.25) is 0 Å². The molecule has 2 N–H and O–H groups in total. The van der Waals surface area contributed by atoms with Crippen molar-refractivity contribution in [1.29, 1.82) is 0 Å². The lowest BCUT2D eigenvalue weighted by Gasteiger charge is -2.21. The van der Waals surface area contributed by atoms with E-state index in [-0.39, 0.29) is 11.9 Å². The number of benzene rings is 1. The molecule has 3 nitrogen and oxygen atoms in total. The average molecular weight is 341 g/mol. The van der Waals surface area contributed by atoms with Crippen LogP contribution in [0.4, 0.5) is 0 Å². The molecule has 1 amide bonds. The summed E-state index contributed by atoms with van der Waals surface area (Å²) in [5.41, 5.74) is 7.18. The molecule has 20 heavy (non-hydrogen) atoms. The Bertz CT molecular complexity index is 434. The van der Waals surface area contributed by atoms with E-state index in [9.17, 15) is 4.79 Å². The average Bonchev–Trinajstić information content (AvgIpc) is 2.42. The van der Waals surface area contributed by atoms with Crippen molar-refractivity contribution in [2.24, 2.45) is 11.7 Å². The number of aryl methyl sites for hydroxylation is 1. The fourth-order valence-corrected chi connectivity index (χ4v) is 2.42. The first-order chi connectivity index (χ1) is 9.41. The van der Waals surface area contributed by atoms with Crippen molar-refractivity contribution in [3.63, 3.8) is 0 Å². The second-order valence-corrected chi connectivity index (χ2v) is 6.46. The van der Waals surface area contributed by atoms with Gasteiger partial charge in [0, 0.05) is 30.5 Å². The molecule has 112 valence electrons. The van der Waals surface area contributed by atoms with Crippen LogP contribution in [0.1, 0.15) is 32.3 Å². The highest BCUT2D eigenvalue weighted by atomic mass is 79.9. The lowest BCUT2D eigenvalue weighted by Crippen LogP contribution is -2.34. The van der Waals surface area contributed by atoms with E-state index in [1.165, 1.54) is 5.56 Å². The molecule has 0 aliphatic rings. The van der Waals surface area contributed by atoms with Crippen LogP contribution in [0.25, 0.3) is 0 Å². The maximum atomic E-state index is 12.1. The third-order valence-electron chi connectivity index (χ3n) is 3.65. The van der Waals surface area contributed by atoms with Crippen LogP contribution < -0.4 is 5.73 Å². The molecule has 0 saturated carbocycles. The zero-order valence-corrected chi connectivity index (χ0v) is 14.2. The second-order valence-electron chi connectivity index (χ2n) is 5.60. The van der Waals surface area contributed by atoms with E-state index in [0.717, 1.165) is 23.9 Å². The first-order valence-corrected chi connectivity index (χ1v) is 7.94. The normalized spacial score (nSPS) is 12.5. The zero-order chi connectivity index (χ0) is 15.1. The van der Waals surface area contributed by atoms with E-state index in [0.29, 0.717) is 12.3 Å². The van der Waals surface area contributed by atoms with Gasteiger partial charge in [0.2, 0.25) is 5.91 Å². The van der Waals surface area contributed by atoms with Gasteiger partial charge in [0.1, 0.15) is 0 Å². The number of carbonyl (C=O) groups is 1. The van der Waals surface area contributed by atoms with Gasteiger partial charge in [-0.15, -0.1) is 0 Å². The fraction of sp³-hybridized carbons (Fsp3) is 0.562. The molecular weight excluding hydrogens is 316 g/mol. The Kier molecular flexibility index (Phi) is 7.24. The number of nitrogens with zero attached hydrogens (tertiary/aromatic N) is 1. The minimum absolute atomic E-state index is 0.161. The van der Waals surface area contributed by atoms with E-state index in [4.69, 9.17) is 5.73 Å². The Morgan fingerprint density at radius 3 is 2.60 bits per heavy atom. The summed E-state index contributed by atoms with van der Waals surface area (Å²) in [6, 6.07) is 8.19. The predicted octanol–water partition coefficient (Wildman–Crippen LogP) is 3.21. The molecule has 0 bridgehead atoms. The van der Waals surface area contributed by atoms with Gasteiger partial charge in [0.15, 0.2) is 0 Å². The summed E-state index contributed by atoms with van der Waals surface area (Å²) in [5, 5.41) is 0. The van der Waals surface area contributed by atoms with Crippen LogP contribution in [0.5, 0.6) is 0 Å². The van der Waals surface area contributed by atoms with Gasteiger partial charge in [-0.1, -0.05) is 48.0 Å². The van der Waals surface area contributed by atoms with Crippen molar-refractivity contribution in [2.45, 2.75) is 39.2 Å². The van der Waals surface area contributed by atoms with E-state index in [1.807, 2.05) is 31.3 Å². The smallest absolute Gasteiger partial charge is 0.222 e. The molecule has 1 aromatic rings. The number of amides is 1. The minimum Gasteiger partial charge on any atom is -0.346 e. The van der Waals surface area contributed by atoms with Gasteiger partial charge in [-0.25, -0.2) is 0 Å². The fourth-order valence-electron chi connectivity index (χ4n) is 1.93. The SMILES string of the molecule is CC(C)C(N)CCN(C)C(=O)CCc1ccccc1Br. The first-order valence-electron chi connectivity index (χ1n) is 7.14. The maximum absolute atomic E-state index is 12.1. The molecule has 0 aliphatic heterocycles. The maximum Gasteiger partial charge on any atom is 0.222 e.